The molecule has 3 rings (SSSR count). The topological polar surface area (TPSA) is 46.3 Å². The van der Waals surface area contributed by atoms with Crippen LogP contribution in [0.5, 0.6) is 5.75 Å². The number of alkyl halides is 3. The molecule has 1 aliphatic rings. The van der Waals surface area contributed by atoms with Gasteiger partial charge in [-0.1, -0.05) is 12.1 Å². The van der Waals surface area contributed by atoms with E-state index >= 15 is 0 Å². The van der Waals surface area contributed by atoms with Crippen LogP contribution in [0, 0.1) is 0 Å². The lowest BCUT2D eigenvalue weighted by Gasteiger charge is -2.18. The Bertz CT molecular complexity index is 903. The van der Waals surface area contributed by atoms with Crippen LogP contribution < -0.4 is 10.1 Å². The fourth-order valence-electron chi connectivity index (χ4n) is 3.73. The predicted molar refractivity (Wildman–Crippen MR) is 118 cm³/mol. The minimum atomic E-state index is -4.40. The van der Waals surface area contributed by atoms with Crippen LogP contribution in [0.3, 0.4) is 0 Å². The molecule has 32 heavy (non-hydrogen) atoms. The van der Waals surface area contributed by atoms with Crippen molar-refractivity contribution in [2.75, 3.05) is 41.4 Å². The number of hydrogen-bond donors (Lipinski definition) is 1. The lowest BCUT2D eigenvalue weighted by atomic mass is 9.94. The van der Waals surface area contributed by atoms with Crippen molar-refractivity contribution in [1.29, 1.82) is 0 Å². The third-order valence-electron chi connectivity index (χ3n) is 5.47. The van der Waals surface area contributed by atoms with E-state index in [9.17, 15) is 13.2 Å². The highest BCUT2D eigenvalue weighted by atomic mass is 19.4. The van der Waals surface area contributed by atoms with Gasteiger partial charge in [-0.3, -0.25) is 0 Å². The molecule has 1 aliphatic heterocycles. The van der Waals surface area contributed by atoms with Crippen molar-refractivity contribution in [3.8, 4) is 16.9 Å². The van der Waals surface area contributed by atoms with Crippen LogP contribution in [0.15, 0.2) is 36.4 Å². The minimum Gasteiger partial charge on any atom is -0.496 e. The zero-order valence-corrected chi connectivity index (χ0v) is 19.0. The van der Waals surface area contributed by atoms with Gasteiger partial charge in [-0.05, 0) is 74.6 Å². The molecule has 1 N–H and O–H groups in total. The van der Waals surface area contributed by atoms with Gasteiger partial charge in [0.2, 0.25) is 0 Å². The first-order chi connectivity index (χ1) is 15.2. The number of hydrogen-bond acceptors (Lipinski definition) is 5. The monoisotopic (exact) mass is 452 g/mol. The molecule has 5 nitrogen and oxygen atoms in total. The van der Waals surface area contributed by atoms with Crippen molar-refractivity contribution in [2.45, 2.75) is 38.0 Å². The Morgan fingerprint density at radius 1 is 1.06 bits per heavy atom. The lowest BCUT2D eigenvalue weighted by molar-refractivity contribution is -0.137. The summed E-state index contributed by atoms with van der Waals surface area (Å²) in [5.41, 5.74) is 2.42. The Morgan fingerprint density at radius 3 is 2.47 bits per heavy atom. The molecule has 2 atom stereocenters. The van der Waals surface area contributed by atoms with Gasteiger partial charge in [0.05, 0.1) is 12.7 Å². The molecule has 8 heteroatoms. The van der Waals surface area contributed by atoms with Crippen LogP contribution in [-0.4, -0.2) is 58.7 Å². The van der Waals surface area contributed by atoms with Crippen LogP contribution in [0.4, 0.5) is 13.2 Å². The Hall–Kier alpha value is -2.13. The first-order valence-electron chi connectivity index (χ1n) is 10.6. The quantitative estimate of drug-likeness (QED) is 0.406. The zero-order chi connectivity index (χ0) is 23.3. The largest absolute Gasteiger partial charge is 0.496 e. The summed E-state index contributed by atoms with van der Waals surface area (Å²) in [6.45, 7) is 1.95. The van der Waals surface area contributed by atoms with E-state index in [0.29, 0.717) is 30.8 Å². The minimum absolute atomic E-state index is 0.00770. The van der Waals surface area contributed by atoms with Crippen LogP contribution in [0.1, 0.15) is 23.1 Å². The first kappa shape index (κ1) is 24.5. The fourth-order valence-corrected chi connectivity index (χ4v) is 3.73. The fraction of sp³-hybridized carbons (Fsp3) is 0.500. The highest BCUT2D eigenvalue weighted by molar-refractivity contribution is 5.74. The molecule has 2 aromatic carbocycles. The molecule has 0 saturated carbocycles. The van der Waals surface area contributed by atoms with Gasteiger partial charge in [-0.25, -0.2) is 0 Å². The van der Waals surface area contributed by atoms with Crippen molar-refractivity contribution >= 4 is 0 Å². The summed E-state index contributed by atoms with van der Waals surface area (Å²) in [4.78, 5) is 2.07. The van der Waals surface area contributed by atoms with Gasteiger partial charge in [0.1, 0.15) is 11.9 Å². The summed E-state index contributed by atoms with van der Waals surface area (Å²) >= 11 is 0. The standard InChI is InChI=1S/C24H31F3N2O3/c1-29(2)11-5-10-28-15-17-14-18(24(25,26)27)7-8-19(17)20-12-16(6-9-21(20)30-3)13-22-23(31-4)32-22/h6-9,12,14,22-23,28H,5,10-11,13,15H2,1-4H3. The van der Waals surface area contributed by atoms with Crippen molar-refractivity contribution in [3.63, 3.8) is 0 Å². The SMILES string of the molecule is COc1ccc(CC2OC2OC)cc1-c1ccc(C(F)(F)F)cc1CNCCCN(C)C. The number of rotatable bonds is 11. The normalized spacial score (nSPS) is 18.2. The summed E-state index contributed by atoms with van der Waals surface area (Å²) < 4.78 is 56.3. The van der Waals surface area contributed by atoms with Gasteiger partial charge in [0.15, 0.2) is 6.29 Å². The van der Waals surface area contributed by atoms with Crippen molar-refractivity contribution in [2.24, 2.45) is 0 Å². The molecule has 0 amide bonds. The summed E-state index contributed by atoms with van der Waals surface area (Å²) in [5, 5.41) is 3.28. The third kappa shape index (κ3) is 6.45. The van der Waals surface area contributed by atoms with E-state index in [1.165, 1.54) is 12.1 Å². The molecular formula is C24H31F3N2O3. The van der Waals surface area contributed by atoms with Gasteiger partial charge >= 0.3 is 6.18 Å². The number of halogens is 3. The first-order valence-corrected chi connectivity index (χ1v) is 10.6. The number of epoxide rings is 1. The van der Waals surface area contributed by atoms with Gasteiger partial charge in [-0.2, -0.15) is 13.2 Å². The molecule has 1 fully saturated rings. The third-order valence-corrected chi connectivity index (χ3v) is 5.47. The molecule has 0 aliphatic carbocycles. The average Bonchev–Trinajstić information content (AvgIpc) is 3.50. The van der Waals surface area contributed by atoms with Gasteiger partial charge in [0, 0.05) is 25.6 Å². The molecule has 2 aromatic rings. The summed E-state index contributed by atoms with van der Waals surface area (Å²) in [7, 11) is 7.15. The van der Waals surface area contributed by atoms with E-state index < -0.39 is 11.7 Å². The van der Waals surface area contributed by atoms with Crippen LogP contribution in [-0.2, 0) is 28.6 Å². The number of benzene rings is 2. The zero-order valence-electron chi connectivity index (χ0n) is 19.0. The summed E-state index contributed by atoms with van der Waals surface area (Å²) in [6, 6.07) is 9.65. The molecule has 1 saturated heterocycles. The van der Waals surface area contributed by atoms with Crippen LogP contribution in [0.25, 0.3) is 11.1 Å². The second-order valence-corrected chi connectivity index (χ2v) is 8.22. The number of ether oxygens (including phenoxy) is 3. The Labute approximate surface area is 187 Å². The molecule has 2 unspecified atom stereocenters. The maximum Gasteiger partial charge on any atom is 0.416 e. The highest BCUT2D eigenvalue weighted by Gasteiger charge is 2.39. The lowest BCUT2D eigenvalue weighted by Crippen LogP contribution is -2.21. The van der Waals surface area contributed by atoms with Crippen molar-refractivity contribution in [1.82, 2.24) is 10.2 Å². The van der Waals surface area contributed by atoms with Gasteiger partial charge in [0.25, 0.3) is 0 Å². The Morgan fingerprint density at radius 2 is 1.84 bits per heavy atom. The number of methoxy groups -OCH3 is 2. The number of nitrogens with one attached hydrogen (secondary N) is 1. The Balaban J connectivity index is 1.88. The molecule has 0 aromatic heterocycles. The predicted octanol–water partition coefficient (Wildman–Crippen LogP) is 4.34. The van der Waals surface area contributed by atoms with E-state index in [1.54, 1.807) is 14.2 Å². The Kier molecular flexibility index (Phi) is 8.16. The van der Waals surface area contributed by atoms with E-state index in [1.807, 2.05) is 32.3 Å². The molecular weight excluding hydrogens is 421 g/mol. The summed E-state index contributed by atoms with van der Waals surface area (Å²) in [6.07, 6.45) is -3.04. The van der Waals surface area contributed by atoms with E-state index in [4.69, 9.17) is 14.2 Å². The molecule has 0 bridgehead atoms. The second-order valence-electron chi connectivity index (χ2n) is 8.22. The molecule has 176 valence electrons. The molecule has 0 spiro atoms. The van der Waals surface area contributed by atoms with Gasteiger partial charge < -0.3 is 24.4 Å². The average molecular weight is 453 g/mol. The van der Waals surface area contributed by atoms with E-state index in [-0.39, 0.29) is 12.4 Å². The maximum absolute atomic E-state index is 13.4. The van der Waals surface area contributed by atoms with Crippen molar-refractivity contribution < 1.29 is 27.4 Å². The van der Waals surface area contributed by atoms with Crippen molar-refractivity contribution in [3.05, 3.63) is 53.1 Å². The van der Waals surface area contributed by atoms with Gasteiger partial charge in [-0.15, -0.1) is 0 Å². The van der Waals surface area contributed by atoms with E-state index in [0.717, 1.165) is 35.7 Å². The second kappa shape index (κ2) is 10.7. The molecule has 0 radical (unpaired) electrons. The smallest absolute Gasteiger partial charge is 0.416 e. The van der Waals surface area contributed by atoms with Crippen LogP contribution >= 0.6 is 0 Å². The van der Waals surface area contributed by atoms with E-state index in [2.05, 4.69) is 10.2 Å². The molecule has 1 heterocycles. The highest BCUT2D eigenvalue weighted by Crippen LogP contribution is 2.38. The summed E-state index contributed by atoms with van der Waals surface area (Å²) in [5.74, 6) is 0.613. The van der Waals surface area contributed by atoms with Crippen LogP contribution in [0.2, 0.25) is 0 Å². The number of nitrogens with zero attached hydrogens (tertiary/aromatic N) is 1. The maximum atomic E-state index is 13.4.